The van der Waals surface area contributed by atoms with Crippen LogP contribution >= 0.6 is 0 Å². The second-order valence-corrected chi connectivity index (χ2v) is 6.24. The lowest BCUT2D eigenvalue weighted by atomic mass is 9.98. The molecule has 0 aromatic heterocycles. The Kier molecular flexibility index (Phi) is 4.21. The summed E-state index contributed by atoms with van der Waals surface area (Å²) in [4.78, 5) is 26.0. The van der Waals surface area contributed by atoms with Crippen LogP contribution in [-0.4, -0.2) is 30.6 Å². The highest BCUT2D eigenvalue weighted by molar-refractivity contribution is 6.09. The molecule has 0 bridgehead atoms. The lowest BCUT2D eigenvalue weighted by Gasteiger charge is -2.39. The minimum absolute atomic E-state index is 0.0618. The molecule has 0 atom stereocenters. The minimum atomic E-state index is -0.743. The lowest BCUT2D eigenvalue weighted by molar-refractivity contribution is -0.144. The second-order valence-electron chi connectivity index (χ2n) is 6.24. The smallest absolute Gasteiger partial charge is 0.326 e. The van der Waals surface area contributed by atoms with E-state index in [4.69, 9.17) is 4.74 Å². The zero-order valence-electron chi connectivity index (χ0n) is 13.0. The Hall–Kier alpha value is -2.04. The first-order valence-electron chi connectivity index (χ1n) is 7.16. The maximum atomic E-state index is 12.5. The predicted octanol–water partition coefficient (Wildman–Crippen LogP) is 2.42. The van der Waals surface area contributed by atoms with Gasteiger partial charge < -0.3 is 10.1 Å². The number of nitrogens with one attached hydrogen (secondary N) is 1. The Bertz CT molecular complexity index is 552. The van der Waals surface area contributed by atoms with E-state index in [0.717, 1.165) is 5.69 Å². The Morgan fingerprint density at radius 3 is 2.67 bits per heavy atom. The van der Waals surface area contributed by atoms with E-state index in [9.17, 15) is 9.59 Å². The van der Waals surface area contributed by atoms with Gasteiger partial charge in [-0.25, -0.2) is 0 Å². The van der Waals surface area contributed by atoms with Crippen LogP contribution in [0.15, 0.2) is 24.3 Å². The van der Waals surface area contributed by atoms with Gasteiger partial charge in [-0.05, 0) is 31.9 Å². The van der Waals surface area contributed by atoms with Crippen LogP contribution in [0, 0.1) is 5.92 Å². The number of hydrogen-bond acceptors (Lipinski definition) is 4. The van der Waals surface area contributed by atoms with Crippen molar-refractivity contribution in [3.63, 3.8) is 0 Å². The van der Waals surface area contributed by atoms with Gasteiger partial charge in [0.1, 0.15) is 12.1 Å². The minimum Gasteiger partial charge on any atom is -0.464 e. The molecule has 1 amide bonds. The fourth-order valence-corrected chi connectivity index (χ4v) is 2.24. The SMILES string of the molecule is CC(C)COC(=O)CN1C(=O)C(C)(C)Nc2ccccc21. The van der Waals surface area contributed by atoms with Crippen molar-refractivity contribution < 1.29 is 14.3 Å². The highest BCUT2D eigenvalue weighted by Gasteiger charge is 2.39. The number of ether oxygens (including phenoxy) is 1. The summed E-state index contributed by atoms with van der Waals surface area (Å²) >= 11 is 0. The first-order chi connectivity index (χ1) is 9.81. The number of rotatable bonds is 4. The van der Waals surface area contributed by atoms with E-state index in [1.807, 2.05) is 38.1 Å². The zero-order valence-corrected chi connectivity index (χ0v) is 13.0. The molecular formula is C16H22N2O3. The van der Waals surface area contributed by atoms with E-state index >= 15 is 0 Å². The molecule has 1 aliphatic heterocycles. The van der Waals surface area contributed by atoms with Crippen molar-refractivity contribution >= 4 is 23.3 Å². The van der Waals surface area contributed by atoms with E-state index in [2.05, 4.69) is 5.32 Å². The average molecular weight is 290 g/mol. The van der Waals surface area contributed by atoms with Crippen LogP contribution in [0.3, 0.4) is 0 Å². The third kappa shape index (κ3) is 3.35. The average Bonchev–Trinajstić information content (AvgIpc) is 2.41. The van der Waals surface area contributed by atoms with E-state index in [-0.39, 0.29) is 24.3 Å². The van der Waals surface area contributed by atoms with Gasteiger partial charge in [-0.1, -0.05) is 26.0 Å². The van der Waals surface area contributed by atoms with Crippen molar-refractivity contribution in [2.75, 3.05) is 23.4 Å². The third-order valence-corrected chi connectivity index (χ3v) is 3.29. The highest BCUT2D eigenvalue weighted by atomic mass is 16.5. The van der Waals surface area contributed by atoms with E-state index < -0.39 is 5.54 Å². The topological polar surface area (TPSA) is 58.6 Å². The quantitative estimate of drug-likeness (QED) is 0.865. The van der Waals surface area contributed by atoms with Gasteiger partial charge in [0, 0.05) is 0 Å². The number of anilines is 2. The maximum Gasteiger partial charge on any atom is 0.326 e. The second kappa shape index (κ2) is 5.76. The van der Waals surface area contributed by atoms with Gasteiger partial charge in [0.25, 0.3) is 5.91 Å². The van der Waals surface area contributed by atoms with Crippen molar-refractivity contribution in [1.82, 2.24) is 0 Å². The van der Waals surface area contributed by atoms with Crippen molar-refractivity contribution in [1.29, 1.82) is 0 Å². The van der Waals surface area contributed by atoms with Crippen LogP contribution < -0.4 is 10.2 Å². The number of nitrogens with zero attached hydrogens (tertiary/aromatic N) is 1. The monoisotopic (exact) mass is 290 g/mol. The van der Waals surface area contributed by atoms with Gasteiger partial charge in [-0.15, -0.1) is 0 Å². The number of carbonyl (C=O) groups excluding carboxylic acids is 2. The maximum absolute atomic E-state index is 12.5. The van der Waals surface area contributed by atoms with Crippen molar-refractivity contribution in [3.05, 3.63) is 24.3 Å². The molecule has 5 nitrogen and oxygen atoms in total. The fourth-order valence-electron chi connectivity index (χ4n) is 2.24. The molecule has 21 heavy (non-hydrogen) atoms. The standard InChI is InChI=1S/C16H22N2O3/c1-11(2)10-21-14(19)9-18-13-8-6-5-7-12(13)17-16(3,4)15(18)20/h5-8,11,17H,9-10H2,1-4H3. The van der Waals surface area contributed by atoms with Gasteiger partial charge in [-0.2, -0.15) is 0 Å². The normalized spacial score (nSPS) is 16.4. The van der Waals surface area contributed by atoms with Crippen LogP contribution in [0.25, 0.3) is 0 Å². The molecule has 0 aliphatic carbocycles. The van der Waals surface area contributed by atoms with Gasteiger partial charge in [0.15, 0.2) is 0 Å². The number of hydrogen-bond donors (Lipinski definition) is 1. The van der Waals surface area contributed by atoms with Gasteiger partial charge in [0.2, 0.25) is 0 Å². The van der Waals surface area contributed by atoms with Gasteiger partial charge >= 0.3 is 5.97 Å². The fraction of sp³-hybridized carbons (Fsp3) is 0.500. The number of amides is 1. The first-order valence-corrected chi connectivity index (χ1v) is 7.16. The molecule has 1 heterocycles. The highest BCUT2D eigenvalue weighted by Crippen LogP contribution is 2.34. The van der Waals surface area contributed by atoms with Crippen LogP contribution in [0.2, 0.25) is 0 Å². The largest absolute Gasteiger partial charge is 0.464 e. The van der Waals surface area contributed by atoms with Crippen LogP contribution in [0.1, 0.15) is 27.7 Å². The van der Waals surface area contributed by atoms with Gasteiger partial charge in [0.05, 0.1) is 18.0 Å². The summed E-state index contributed by atoms with van der Waals surface area (Å²) in [5.74, 6) is -0.247. The molecule has 0 saturated carbocycles. The molecular weight excluding hydrogens is 268 g/mol. The van der Waals surface area contributed by atoms with Gasteiger partial charge in [-0.3, -0.25) is 14.5 Å². The molecule has 0 unspecified atom stereocenters. The molecule has 1 aliphatic rings. The Labute approximate surface area is 125 Å². The summed E-state index contributed by atoms with van der Waals surface area (Å²) < 4.78 is 5.18. The molecule has 0 spiro atoms. The number of benzene rings is 1. The van der Waals surface area contributed by atoms with E-state index in [0.29, 0.717) is 12.3 Å². The summed E-state index contributed by atoms with van der Waals surface area (Å²) in [6.07, 6.45) is 0. The molecule has 2 rings (SSSR count). The van der Waals surface area contributed by atoms with Crippen LogP contribution in [-0.2, 0) is 14.3 Å². The first kappa shape index (κ1) is 15.4. The van der Waals surface area contributed by atoms with Crippen LogP contribution in [0.4, 0.5) is 11.4 Å². The van der Waals surface area contributed by atoms with Crippen LogP contribution in [0.5, 0.6) is 0 Å². The Balaban J connectivity index is 2.21. The molecule has 1 aromatic rings. The summed E-state index contributed by atoms with van der Waals surface area (Å²) in [5, 5.41) is 3.20. The van der Waals surface area contributed by atoms with E-state index in [1.54, 1.807) is 13.8 Å². The Morgan fingerprint density at radius 1 is 1.33 bits per heavy atom. The molecule has 0 saturated heterocycles. The summed E-state index contributed by atoms with van der Waals surface area (Å²) in [7, 11) is 0. The summed E-state index contributed by atoms with van der Waals surface area (Å²) in [6.45, 7) is 7.86. The molecule has 1 N–H and O–H groups in total. The third-order valence-electron chi connectivity index (χ3n) is 3.29. The van der Waals surface area contributed by atoms with Crippen molar-refractivity contribution in [2.45, 2.75) is 33.2 Å². The Morgan fingerprint density at radius 2 is 2.00 bits per heavy atom. The zero-order chi connectivity index (χ0) is 15.6. The van der Waals surface area contributed by atoms with E-state index in [1.165, 1.54) is 4.90 Å². The van der Waals surface area contributed by atoms with Crippen molar-refractivity contribution in [3.8, 4) is 0 Å². The number of esters is 1. The summed E-state index contributed by atoms with van der Waals surface area (Å²) in [6, 6.07) is 7.46. The number of carbonyl (C=O) groups is 2. The molecule has 5 heteroatoms. The number of para-hydroxylation sites is 2. The summed E-state index contributed by atoms with van der Waals surface area (Å²) in [5.41, 5.74) is 0.814. The van der Waals surface area contributed by atoms with Crippen molar-refractivity contribution in [2.24, 2.45) is 5.92 Å². The predicted molar refractivity (Wildman–Crippen MR) is 82.3 cm³/mol. The molecule has 0 fully saturated rings. The number of fused-ring (bicyclic) bond motifs is 1. The molecule has 1 aromatic carbocycles. The molecule has 114 valence electrons. The lowest BCUT2D eigenvalue weighted by Crippen LogP contribution is -2.55. The molecule has 0 radical (unpaired) electrons.